The molecule has 0 fully saturated rings. The van der Waals surface area contributed by atoms with Crippen LogP contribution in [0.25, 0.3) is 0 Å². The largest absolute Gasteiger partial charge is 0.356 e. The van der Waals surface area contributed by atoms with Gasteiger partial charge in [0, 0.05) is 14.2 Å². The van der Waals surface area contributed by atoms with Gasteiger partial charge in [-0.3, -0.25) is 0 Å². The molecule has 0 aromatic heterocycles. The summed E-state index contributed by atoms with van der Waals surface area (Å²) in [5.74, 6) is 0.833. The van der Waals surface area contributed by atoms with Gasteiger partial charge in [0.1, 0.15) is 0 Å². The van der Waals surface area contributed by atoms with Gasteiger partial charge in [-0.1, -0.05) is 20.8 Å². The zero-order chi connectivity index (χ0) is 8.57. The maximum atomic E-state index is 4.68. The van der Waals surface area contributed by atoms with Crippen LogP contribution in [0.5, 0.6) is 0 Å². The van der Waals surface area contributed by atoms with Crippen molar-refractivity contribution in [2.75, 3.05) is 14.2 Å². The maximum absolute atomic E-state index is 4.68. The molecule has 0 spiro atoms. The van der Waals surface area contributed by atoms with E-state index in [1.54, 1.807) is 14.2 Å². The summed E-state index contributed by atoms with van der Waals surface area (Å²) in [6, 6.07) is 0. The monoisotopic (exact) mass is 148 g/mol. The van der Waals surface area contributed by atoms with Crippen molar-refractivity contribution < 1.29 is 9.47 Å². The molecule has 2 nitrogen and oxygen atoms in total. The average Bonchev–Trinajstić information content (AvgIpc) is 1.85. The van der Waals surface area contributed by atoms with Gasteiger partial charge in [-0.15, -0.1) is 0 Å². The third-order valence-electron chi connectivity index (χ3n) is 0.664. The second-order valence-electron chi connectivity index (χ2n) is 2.77. The van der Waals surface area contributed by atoms with Gasteiger partial charge in [0.2, 0.25) is 0 Å². The number of ether oxygens (including phenoxy) is 2. The highest BCUT2D eigenvalue weighted by molar-refractivity contribution is 4.20. The van der Waals surface area contributed by atoms with Crippen LogP contribution in [0.1, 0.15) is 27.7 Å². The fraction of sp³-hybridized carbons (Fsp3) is 1.00. The molecular weight excluding hydrogens is 128 g/mol. The average molecular weight is 148 g/mol. The highest BCUT2D eigenvalue weighted by Crippen LogP contribution is 1.83. The third-order valence-corrected chi connectivity index (χ3v) is 0.664. The summed E-state index contributed by atoms with van der Waals surface area (Å²) in [6.07, 6.45) is -0.0648. The van der Waals surface area contributed by atoms with Gasteiger partial charge >= 0.3 is 0 Å². The molecule has 0 aromatic carbocycles. The van der Waals surface area contributed by atoms with Crippen LogP contribution in [0.15, 0.2) is 0 Å². The van der Waals surface area contributed by atoms with Crippen molar-refractivity contribution in [2.45, 2.75) is 34.0 Å². The normalized spacial score (nSPS) is 9.60. The molecule has 0 rings (SSSR count). The van der Waals surface area contributed by atoms with Crippen LogP contribution in [-0.2, 0) is 9.47 Å². The Bertz CT molecular complexity index is 46.5. The molecule has 0 heterocycles. The second-order valence-corrected chi connectivity index (χ2v) is 2.77. The first-order valence-electron chi connectivity index (χ1n) is 3.60. The van der Waals surface area contributed by atoms with Gasteiger partial charge in [0.05, 0.1) is 0 Å². The zero-order valence-corrected chi connectivity index (χ0v) is 7.97. The minimum Gasteiger partial charge on any atom is -0.356 e. The van der Waals surface area contributed by atoms with Gasteiger partial charge < -0.3 is 9.47 Å². The molecule has 0 bridgehead atoms. The summed E-state index contributed by atoms with van der Waals surface area (Å²) in [7, 11) is 3.21. The molecule has 10 heavy (non-hydrogen) atoms. The smallest absolute Gasteiger partial charge is 0.154 e. The molecule has 0 aromatic rings. The summed E-state index contributed by atoms with van der Waals surface area (Å²) >= 11 is 0. The van der Waals surface area contributed by atoms with Crippen molar-refractivity contribution in [3.63, 3.8) is 0 Å². The number of hydrogen-bond acceptors (Lipinski definition) is 2. The molecule has 0 amide bonds. The van der Waals surface area contributed by atoms with Gasteiger partial charge in [0.25, 0.3) is 0 Å². The third kappa shape index (κ3) is 24.7. The van der Waals surface area contributed by atoms with E-state index < -0.39 is 0 Å². The molecule has 0 unspecified atom stereocenters. The van der Waals surface area contributed by atoms with Gasteiger partial charge in [-0.25, -0.2) is 0 Å². The molecule has 0 N–H and O–H groups in total. The SMILES string of the molecule is CC(C)C.COC(C)OC. The second kappa shape index (κ2) is 8.92. The highest BCUT2D eigenvalue weighted by atomic mass is 16.7. The lowest BCUT2D eigenvalue weighted by Crippen LogP contribution is -2.05. The zero-order valence-electron chi connectivity index (χ0n) is 7.97. The number of hydrogen-bond donors (Lipinski definition) is 0. The Morgan fingerprint density at radius 3 is 1.00 bits per heavy atom. The summed E-state index contributed by atoms with van der Waals surface area (Å²) in [6.45, 7) is 8.33. The van der Waals surface area contributed by atoms with Crippen LogP contribution in [-0.4, -0.2) is 20.5 Å². The Balaban J connectivity index is 0. The fourth-order valence-corrected chi connectivity index (χ4v) is 0.0962. The summed E-state index contributed by atoms with van der Waals surface area (Å²) < 4.78 is 9.35. The Kier molecular flexibility index (Phi) is 11.2. The van der Waals surface area contributed by atoms with Crippen molar-refractivity contribution in [1.82, 2.24) is 0 Å². The van der Waals surface area contributed by atoms with E-state index in [4.69, 9.17) is 0 Å². The minimum atomic E-state index is -0.0648. The Labute approximate surface area is 64.5 Å². The van der Waals surface area contributed by atoms with E-state index in [-0.39, 0.29) is 6.29 Å². The van der Waals surface area contributed by atoms with Crippen LogP contribution < -0.4 is 0 Å². The Morgan fingerprint density at radius 1 is 0.800 bits per heavy atom. The standard InChI is InChI=1S/C4H10O2.C4H10/c1-4(5-2)6-3;1-4(2)3/h4H,1-3H3;4H,1-3H3. The number of methoxy groups -OCH3 is 2. The lowest BCUT2D eigenvalue weighted by Gasteiger charge is -2.03. The lowest BCUT2D eigenvalue weighted by atomic mass is 10.3. The van der Waals surface area contributed by atoms with Crippen molar-refractivity contribution in [2.24, 2.45) is 5.92 Å². The van der Waals surface area contributed by atoms with Gasteiger partial charge in [0.15, 0.2) is 6.29 Å². The fourth-order valence-electron chi connectivity index (χ4n) is 0.0962. The molecule has 64 valence electrons. The number of rotatable bonds is 2. The van der Waals surface area contributed by atoms with Crippen LogP contribution in [0.3, 0.4) is 0 Å². The highest BCUT2D eigenvalue weighted by Gasteiger charge is 1.87. The predicted octanol–water partition coefficient (Wildman–Crippen LogP) is 2.29. The van der Waals surface area contributed by atoms with E-state index in [1.807, 2.05) is 6.92 Å². The predicted molar refractivity (Wildman–Crippen MR) is 44.0 cm³/mol. The quantitative estimate of drug-likeness (QED) is 0.559. The molecule has 0 aliphatic heterocycles. The molecular formula is C8H20O2. The van der Waals surface area contributed by atoms with E-state index in [1.165, 1.54) is 0 Å². The first kappa shape index (κ1) is 12.6. The Morgan fingerprint density at radius 2 is 1.00 bits per heavy atom. The molecule has 0 aliphatic rings. The van der Waals surface area contributed by atoms with E-state index in [9.17, 15) is 0 Å². The van der Waals surface area contributed by atoms with Gasteiger partial charge in [-0.05, 0) is 12.8 Å². The first-order chi connectivity index (χ1) is 4.54. The van der Waals surface area contributed by atoms with Crippen molar-refractivity contribution >= 4 is 0 Å². The Hall–Kier alpha value is -0.0800. The summed E-state index contributed by atoms with van der Waals surface area (Å²) in [4.78, 5) is 0. The maximum Gasteiger partial charge on any atom is 0.154 e. The van der Waals surface area contributed by atoms with E-state index in [0.717, 1.165) is 5.92 Å². The van der Waals surface area contributed by atoms with Gasteiger partial charge in [-0.2, -0.15) is 0 Å². The van der Waals surface area contributed by atoms with E-state index >= 15 is 0 Å². The molecule has 2 heteroatoms. The first-order valence-corrected chi connectivity index (χ1v) is 3.60. The molecule has 0 aliphatic carbocycles. The topological polar surface area (TPSA) is 18.5 Å². The summed E-state index contributed by atoms with van der Waals surface area (Å²) in [5, 5.41) is 0. The van der Waals surface area contributed by atoms with Crippen LogP contribution in [0.2, 0.25) is 0 Å². The van der Waals surface area contributed by atoms with E-state index in [2.05, 4.69) is 30.2 Å². The van der Waals surface area contributed by atoms with Crippen LogP contribution in [0.4, 0.5) is 0 Å². The molecule has 0 saturated carbocycles. The van der Waals surface area contributed by atoms with Crippen molar-refractivity contribution in [3.05, 3.63) is 0 Å². The molecule has 0 saturated heterocycles. The van der Waals surface area contributed by atoms with Crippen molar-refractivity contribution in [3.8, 4) is 0 Å². The summed E-state index contributed by atoms with van der Waals surface area (Å²) in [5.41, 5.74) is 0. The van der Waals surface area contributed by atoms with Crippen LogP contribution in [0, 0.1) is 5.92 Å². The minimum absolute atomic E-state index is 0.0648. The van der Waals surface area contributed by atoms with E-state index in [0.29, 0.717) is 0 Å². The van der Waals surface area contributed by atoms with Crippen LogP contribution >= 0.6 is 0 Å². The van der Waals surface area contributed by atoms with Crippen molar-refractivity contribution in [1.29, 1.82) is 0 Å². The molecule has 0 radical (unpaired) electrons. The molecule has 0 atom stereocenters. The lowest BCUT2D eigenvalue weighted by molar-refractivity contribution is -0.0877.